The number of rotatable bonds is 6. The Balaban J connectivity index is 0.000000943. The van der Waals surface area contributed by atoms with Gasteiger partial charge in [-0.05, 0) is 74.2 Å². The third-order valence-electron chi connectivity index (χ3n) is 15.2. The molecule has 6 aliphatic rings. The molecule has 2 bridgehead atoms. The molecule has 0 radical (unpaired) electrons. The number of aliphatic hydroxyl groups excluding tert-OH is 1. The largest absolute Gasteiger partial charge is 0.496 e. The zero-order valence-electron chi connectivity index (χ0n) is 34.7. The molecule has 9 rings (SSSR count). The lowest BCUT2D eigenvalue weighted by molar-refractivity contribution is -0.201. The summed E-state index contributed by atoms with van der Waals surface area (Å²) in [4.78, 5) is 39.3. The standard InChI is InChI=1S/C43H55N5O7.H2O4S/c1-6-39(52)21-25-22-42(38(51)55-5,33-27(13-17-47(23-25)24-39)26-11-8-9-12-30(26)45-33)29-19-28-31(20-32(29)54-4)46(3)35-41(28)15-18-48-16-10-14-40(7-2,34(41)48)36(49)43(35,53)37(44)50;1-5(2,3)4/h8-12,14,19-20,25,34-36,45,49,52-53H,6-7,13,15-18,21-24H2,1-5H3,(H2,44,50);(H2,1,2,3,4). The van der Waals surface area contributed by atoms with Gasteiger partial charge in [-0.1, -0.05) is 44.2 Å². The molecule has 3 aromatic rings. The lowest BCUT2D eigenvalue weighted by Gasteiger charge is -2.63. The van der Waals surface area contributed by atoms with Crippen molar-refractivity contribution in [2.45, 2.75) is 92.6 Å². The number of carbonyl (C=O) groups excluding carboxylic acids is 2. The summed E-state index contributed by atoms with van der Waals surface area (Å²) < 4.78 is 43.8. The van der Waals surface area contributed by atoms with Crippen molar-refractivity contribution in [1.29, 1.82) is 0 Å². The van der Waals surface area contributed by atoms with Crippen LogP contribution in [0.25, 0.3) is 10.9 Å². The highest BCUT2D eigenvalue weighted by atomic mass is 32.3. The molecule has 16 nitrogen and oxygen atoms in total. The molecule has 1 aliphatic carbocycles. The van der Waals surface area contributed by atoms with Crippen LogP contribution in [0.5, 0.6) is 5.75 Å². The van der Waals surface area contributed by atoms with Gasteiger partial charge in [0.25, 0.3) is 5.91 Å². The van der Waals surface area contributed by atoms with Gasteiger partial charge in [0, 0.05) is 84.0 Å². The van der Waals surface area contributed by atoms with E-state index in [-0.39, 0.29) is 12.0 Å². The van der Waals surface area contributed by atoms with Crippen LogP contribution >= 0.6 is 0 Å². The van der Waals surface area contributed by atoms with Gasteiger partial charge in [-0.25, -0.2) is 0 Å². The van der Waals surface area contributed by atoms with Crippen LogP contribution in [0.2, 0.25) is 0 Å². The molecule has 17 heteroatoms. The number of nitrogens with two attached hydrogens (primary N) is 1. The van der Waals surface area contributed by atoms with E-state index >= 15 is 4.79 Å². The van der Waals surface area contributed by atoms with E-state index in [4.69, 9.17) is 32.7 Å². The van der Waals surface area contributed by atoms with Gasteiger partial charge in [-0.3, -0.25) is 28.5 Å². The van der Waals surface area contributed by atoms with Crippen LogP contribution in [0, 0.1) is 11.3 Å². The quantitative estimate of drug-likeness (QED) is 0.107. The number of primary amides is 1. The van der Waals surface area contributed by atoms with E-state index in [1.807, 2.05) is 62.2 Å². The number of likely N-dealkylation sites (N-methyl/N-ethyl adjacent to an activating group) is 1. The summed E-state index contributed by atoms with van der Waals surface area (Å²) in [6, 6.07) is 11.0. The van der Waals surface area contributed by atoms with E-state index in [0.717, 1.165) is 46.5 Å². The number of benzene rings is 2. The molecule has 2 aromatic carbocycles. The van der Waals surface area contributed by atoms with Gasteiger partial charge in [-0.15, -0.1) is 0 Å². The van der Waals surface area contributed by atoms with Crippen molar-refractivity contribution in [3.05, 3.63) is 70.9 Å². The fourth-order valence-corrected chi connectivity index (χ4v) is 13.1. The number of ether oxygens (including phenoxy) is 2. The Kier molecular flexibility index (Phi) is 10.3. The second-order valence-electron chi connectivity index (χ2n) is 17.9. The number of esters is 1. The minimum atomic E-state index is -4.67. The molecular formula is C43H57N5O11S. The first-order chi connectivity index (χ1) is 28.3. The number of nitrogens with one attached hydrogen (secondary N) is 1. The molecule has 1 saturated carbocycles. The SMILES string of the molecule is CCC1(O)CC2CN(CCc3c([nH]c4ccccc34)C(C(=O)OC)(c3cc4c(cc3OC)N(C)C3C(O)(C(N)=O)C(O)C5(CC)C=CCN6CCC43C65)C2)C1.O=S(=O)(O)O. The van der Waals surface area contributed by atoms with Gasteiger partial charge in [-0.2, -0.15) is 8.42 Å². The molecule has 6 heterocycles. The average molecular weight is 852 g/mol. The molecule has 60 heavy (non-hydrogen) atoms. The Bertz CT molecular complexity index is 2360. The lowest BCUT2D eigenvalue weighted by Crippen LogP contribution is -2.81. The maximum atomic E-state index is 15.2. The second kappa shape index (κ2) is 14.5. The van der Waals surface area contributed by atoms with Gasteiger partial charge >= 0.3 is 16.4 Å². The summed E-state index contributed by atoms with van der Waals surface area (Å²) in [6.07, 6.45) is 5.78. The van der Waals surface area contributed by atoms with Gasteiger partial charge in [0.15, 0.2) is 5.60 Å². The first kappa shape index (κ1) is 42.6. The third-order valence-corrected chi connectivity index (χ3v) is 15.2. The summed E-state index contributed by atoms with van der Waals surface area (Å²) in [5.41, 5.74) is 4.72. The highest BCUT2D eigenvalue weighted by molar-refractivity contribution is 7.79. The van der Waals surface area contributed by atoms with E-state index < -0.39 is 61.9 Å². The Morgan fingerprint density at radius 2 is 1.73 bits per heavy atom. The van der Waals surface area contributed by atoms with E-state index in [0.29, 0.717) is 69.5 Å². The number of methoxy groups -OCH3 is 2. The summed E-state index contributed by atoms with van der Waals surface area (Å²) in [6.45, 7) is 7.39. The number of para-hydroxylation sites is 1. The smallest absolute Gasteiger partial charge is 0.394 e. The Morgan fingerprint density at radius 3 is 2.38 bits per heavy atom. The molecule has 326 valence electrons. The zero-order valence-corrected chi connectivity index (χ0v) is 35.5. The maximum absolute atomic E-state index is 15.2. The number of aromatic amines is 1. The van der Waals surface area contributed by atoms with Crippen LogP contribution in [0.4, 0.5) is 5.69 Å². The summed E-state index contributed by atoms with van der Waals surface area (Å²) in [7, 11) is 0.225. The molecule has 8 N–H and O–H groups in total. The van der Waals surface area contributed by atoms with E-state index in [1.165, 1.54) is 7.11 Å². The third kappa shape index (κ3) is 5.91. The van der Waals surface area contributed by atoms with Crippen molar-refractivity contribution >= 4 is 38.9 Å². The molecule has 2 saturated heterocycles. The first-order valence-electron chi connectivity index (χ1n) is 20.7. The Hall–Kier alpha value is -4.07. The fraction of sp³-hybridized carbons (Fsp3) is 0.581. The number of hydrogen-bond donors (Lipinski definition) is 7. The molecule has 1 amide bonds. The summed E-state index contributed by atoms with van der Waals surface area (Å²) in [5, 5.41) is 38.0. The Morgan fingerprint density at radius 1 is 1.02 bits per heavy atom. The second-order valence-corrected chi connectivity index (χ2v) is 18.8. The lowest BCUT2D eigenvalue weighted by atomic mass is 9.47. The molecule has 1 spiro atoms. The highest BCUT2D eigenvalue weighted by Crippen LogP contribution is 2.67. The highest BCUT2D eigenvalue weighted by Gasteiger charge is 2.78. The summed E-state index contributed by atoms with van der Waals surface area (Å²) >= 11 is 0. The predicted molar refractivity (Wildman–Crippen MR) is 222 cm³/mol. The number of hydrogen-bond acceptors (Lipinski definition) is 12. The number of carbonyl (C=O) groups is 2. The van der Waals surface area contributed by atoms with E-state index in [9.17, 15) is 20.1 Å². The number of piperidine rings is 1. The predicted octanol–water partition coefficient (Wildman–Crippen LogP) is 2.08. The molecule has 1 aromatic heterocycles. The molecule has 10 atom stereocenters. The van der Waals surface area contributed by atoms with Gasteiger partial charge < -0.3 is 40.4 Å². The van der Waals surface area contributed by atoms with Crippen LogP contribution in [-0.2, 0) is 42.0 Å². The van der Waals surface area contributed by atoms with E-state index in [2.05, 4.69) is 26.9 Å². The summed E-state index contributed by atoms with van der Waals surface area (Å²) in [5.74, 6) is -1.00. The Labute approximate surface area is 349 Å². The van der Waals surface area contributed by atoms with Crippen LogP contribution in [0.15, 0.2) is 48.6 Å². The van der Waals surface area contributed by atoms with Crippen LogP contribution < -0.4 is 15.4 Å². The van der Waals surface area contributed by atoms with Crippen molar-refractivity contribution in [1.82, 2.24) is 14.8 Å². The molecule has 5 aliphatic heterocycles. The average Bonchev–Trinajstić information content (AvgIpc) is 3.87. The van der Waals surface area contributed by atoms with Gasteiger partial charge in [0.05, 0.1) is 25.9 Å². The molecule has 10 unspecified atom stereocenters. The normalized spacial score (nSPS) is 36.7. The van der Waals surface area contributed by atoms with Crippen molar-refractivity contribution in [3.8, 4) is 5.75 Å². The topological polar surface area (TPSA) is 239 Å². The first-order valence-corrected chi connectivity index (χ1v) is 22.1. The van der Waals surface area contributed by atoms with Crippen molar-refractivity contribution in [2.75, 3.05) is 58.9 Å². The van der Waals surface area contributed by atoms with Gasteiger partial charge in [0.2, 0.25) is 0 Å². The van der Waals surface area contributed by atoms with Crippen molar-refractivity contribution in [3.63, 3.8) is 0 Å². The zero-order chi connectivity index (χ0) is 43.4. The molecule has 3 fully saturated rings. The van der Waals surface area contributed by atoms with Gasteiger partial charge in [0.1, 0.15) is 17.3 Å². The van der Waals surface area contributed by atoms with E-state index in [1.54, 1.807) is 7.11 Å². The monoisotopic (exact) mass is 851 g/mol. The number of anilines is 1. The number of H-pyrrole nitrogens is 1. The number of nitrogens with zero attached hydrogens (tertiary/aromatic N) is 3. The minimum Gasteiger partial charge on any atom is -0.496 e. The minimum absolute atomic E-state index is 0.0790. The maximum Gasteiger partial charge on any atom is 0.394 e. The number of aromatic nitrogens is 1. The van der Waals surface area contributed by atoms with Crippen LogP contribution in [0.1, 0.15) is 68.3 Å². The van der Waals surface area contributed by atoms with Crippen LogP contribution in [0.3, 0.4) is 0 Å². The number of fused-ring (bicyclic) bond motifs is 6. The fourth-order valence-electron chi connectivity index (χ4n) is 13.1. The van der Waals surface area contributed by atoms with Crippen LogP contribution in [-0.4, -0.2) is 143 Å². The number of amides is 1. The molecular weight excluding hydrogens is 795 g/mol. The van der Waals surface area contributed by atoms with Crippen molar-refractivity contribution in [2.24, 2.45) is 17.1 Å². The number of aliphatic hydroxyl groups is 3. The van der Waals surface area contributed by atoms with Crippen molar-refractivity contribution < 1.29 is 51.9 Å².